The number of likely N-dealkylation sites (tertiary alicyclic amines) is 2. The van der Waals surface area contributed by atoms with Crippen molar-refractivity contribution < 1.29 is 27.8 Å². The van der Waals surface area contributed by atoms with E-state index in [0.29, 0.717) is 50.0 Å². The van der Waals surface area contributed by atoms with E-state index in [1.165, 1.54) is 11.0 Å². The second-order valence-corrected chi connectivity index (χ2v) is 8.49. The molecule has 0 aliphatic carbocycles. The Morgan fingerprint density at radius 3 is 2.30 bits per heavy atom. The molecule has 4 rings (SSSR count). The fourth-order valence-electron chi connectivity index (χ4n) is 4.83. The van der Waals surface area contributed by atoms with Gasteiger partial charge in [0, 0.05) is 31.6 Å². The van der Waals surface area contributed by atoms with Gasteiger partial charge >= 0.3 is 0 Å². The van der Waals surface area contributed by atoms with Crippen molar-refractivity contribution in [1.29, 1.82) is 0 Å². The molecule has 8 heteroatoms. The largest absolute Gasteiger partial charge is 0.493 e. The maximum absolute atomic E-state index is 14.0. The van der Waals surface area contributed by atoms with E-state index in [1.807, 2.05) is 23.1 Å². The topological polar surface area (TPSA) is 59.1 Å². The zero-order valence-corrected chi connectivity index (χ0v) is 18.9. The van der Waals surface area contributed by atoms with E-state index < -0.39 is 17.5 Å². The number of piperidine rings is 1. The average Bonchev–Trinajstić information content (AvgIpc) is 3.33. The lowest BCUT2D eigenvalue weighted by atomic mass is 9.93. The molecule has 2 heterocycles. The summed E-state index contributed by atoms with van der Waals surface area (Å²) in [6, 6.07) is 8.68. The molecule has 1 atom stereocenters. The number of carbonyl (C=O) groups is 2. The molecule has 33 heavy (non-hydrogen) atoms. The lowest BCUT2D eigenvalue weighted by Gasteiger charge is -2.35. The molecular weight excluding hydrogens is 430 g/mol. The van der Waals surface area contributed by atoms with Crippen molar-refractivity contribution in [3.63, 3.8) is 0 Å². The second kappa shape index (κ2) is 9.77. The van der Waals surface area contributed by atoms with Crippen LogP contribution in [-0.4, -0.2) is 55.5 Å². The fraction of sp³-hybridized carbons (Fsp3) is 0.440. The number of amides is 2. The molecule has 0 spiro atoms. The first kappa shape index (κ1) is 23.0. The lowest BCUT2D eigenvalue weighted by Crippen LogP contribution is -2.44. The van der Waals surface area contributed by atoms with Crippen LogP contribution < -0.4 is 9.47 Å². The highest BCUT2D eigenvalue weighted by Gasteiger charge is 2.36. The van der Waals surface area contributed by atoms with E-state index in [1.54, 1.807) is 14.2 Å². The van der Waals surface area contributed by atoms with Crippen LogP contribution in [0.15, 0.2) is 36.4 Å². The van der Waals surface area contributed by atoms with Crippen LogP contribution in [0, 0.1) is 17.6 Å². The summed E-state index contributed by atoms with van der Waals surface area (Å²) in [6.45, 7) is 1.42. The van der Waals surface area contributed by atoms with Crippen LogP contribution in [0.2, 0.25) is 0 Å². The number of rotatable bonds is 5. The van der Waals surface area contributed by atoms with Crippen molar-refractivity contribution in [2.45, 2.75) is 31.7 Å². The SMILES string of the molecule is COc1ccc([C@H]2CCCN2C(=O)C2CCN(C(=O)c3ccc(F)cc3F)CC2)cc1OC. The smallest absolute Gasteiger partial charge is 0.256 e. The molecule has 0 N–H and O–H groups in total. The minimum atomic E-state index is -0.868. The van der Waals surface area contributed by atoms with Gasteiger partial charge in [0.05, 0.1) is 25.8 Å². The molecular formula is C25H28F2N2O4. The van der Waals surface area contributed by atoms with Crippen molar-refractivity contribution in [3.8, 4) is 11.5 Å². The van der Waals surface area contributed by atoms with Crippen molar-refractivity contribution in [1.82, 2.24) is 9.80 Å². The predicted octanol–water partition coefficient (Wildman–Crippen LogP) is 4.20. The Kier molecular flexibility index (Phi) is 6.81. The Morgan fingerprint density at radius 2 is 1.64 bits per heavy atom. The molecule has 0 aromatic heterocycles. The first-order valence-corrected chi connectivity index (χ1v) is 11.2. The van der Waals surface area contributed by atoms with Gasteiger partial charge in [-0.25, -0.2) is 8.78 Å². The number of hydrogen-bond acceptors (Lipinski definition) is 4. The van der Waals surface area contributed by atoms with Crippen LogP contribution in [0.1, 0.15) is 47.6 Å². The quantitative estimate of drug-likeness (QED) is 0.674. The number of halogens is 2. The van der Waals surface area contributed by atoms with Gasteiger partial charge in [-0.3, -0.25) is 9.59 Å². The van der Waals surface area contributed by atoms with E-state index in [4.69, 9.17) is 9.47 Å². The summed E-state index contributed by atoms with van der Waals surface area (Å²) < 4.78 is 37.9. The average molecular weight is 459 g/mol. The molecule has 0 bridgehead atoms. The third-order valence-corrected chi connectivity index (χ3v) is 6.62. The van der Waals surface area contributed by atoms with Crippen LogP contribution in [-0.2, 0) is 4.79 Å². The molecule has 0 radical (unpaired) electrons. The summed E-state index contributed by atoms with van der Waals surface area (Å²) in [4.78, 5) is 29.5. The monoisotopic (exact) mass is 458 g/mol. The van der Waals surface area contributed by atoms with Gasteiger partial charge in [0.2, 0.25) is 5.91 Å². The Labute approximate surface area is 192 Å². The van der Waals surface area contributed by atoms with Gasteiger partial charge in [-0.15, -0.1) is 0 Å². The zero-order valence-electron chi connectivity index (χ0n) is 18.9. The number of benzene rings is 2. The predicted molar refractivity (Wildman–Crippen MR) is 118 cm³/mol. The van der Waals surface area contributed by atoms with E-state index in [9.17, 15) is 18.4 Å². The van der Waals surface area contributed by atoms with Crippen molar-refractivity contribution >= 4 is 11.8 Å². The maximum Gasteiger partial charge on any atom is 0.256 e. The highest BCUT2D eigenvalue weighted by Crippen LogP contribution is 2.38. The van der Waals surface area contributed by atoms with Gasteiger partial charge in [-0.05, 0) is 55.5 Å². The highest BCUT2D eigenvalue weighted by molar-refractivity contribution is 5.94. The summed E-state index contributed by atoms with van der Waals surface area (Å²) in [5, 5.41) is 0. The van der Waals surface area contributed by atoms with Gasteiger partial charge in [0.25, 0.3) is 5.91 Å². The third-order valence-electron chi connectivity index (χ3n) is 6.62. The Hall–Kier alpha value is -3.16. The molecule has 2 amide bonds. The molecule has 2 aromatic rings. The molecule has 0 unspecified atom stereocenters. The summed E-state index contributed by atoms with van der Waals surface area (Å²) in [5.41, 5.74) is 0.868. The van der Waals surface area contributed by atoms with Crippen LogP contribution in [0.4, 0.5) is 8.78 Å². The number of carbonyl (C=O) groups excluding carboxylic acids is 2. The third kappa shape index (κ3) is 4.65. The summed E-state index contributed by atoms with van der Waals surface area (Å²) in [5.74, 6) is -0.875. The van der Waals surface area contributed by atoms with Crippen molar-refractivity contribution in [3.05, 3.63) is 59.2 Å². The Morgan fingerprint density at radius 1 is 0.909 bits per heavy atom. The molecule has 0 saturated carbocycles. The minimum Gasteiger partial charge on any atom is -0.493 e. The van der Waals surface area contributed by atoms with E-state index >= 15 is 0 Å². The standard InChI is InChI=1S/C25H28F2N2O4/c1-32-22-8-5-17(14-23(22)33-2)21-4-3-11-29(21)24(30)16-9-12-28(13-10-16)25(31)19-7-6-18(26)15-20(19)27/h5-8,14-16,21H,3-4,9-13H2,1-2H3/t21-/m1/s1. The molecule has 2 aliphatic heterocycles. The van der Waals surface area contributed by atoms with Crippen LogP contribution in [0.5, 0.6) is 11.5 Å². The second-order valence-electron chi connectivity index (χ2n) is 8.49. The molecule has 2 aromatic carbocycles. The summed E-state index contributed by atoms with van der Waals surface area (Å²) in [7, 11) is 3.18. The summed E-state index contributed by atoms with van der Waals surface area (Å²) in [6.07, 6.45) is 2.83. The zero-order chi connectivity index (χ0) is 23.5. The normalized spacial score (nSPS) is 19.0. The van der Waals surface area contributed by atoms with Crippen molar-refractivity contribution in [2.24, 2.45) is 5.92 Å². The first-order valence-electron chi connectivity index (χ1n) is 11.2. The Balaban J connectivity index is 1.41. The fourth-order valence-corrected chi connectivity index (χ4v) is 4.83. The molecule has 176 valence electrons. The Bertz CT molecular complexity index is 1040. The van der Waals surface area contributed by atoms with E-state index in [-0.39, 0.29) is 23.4 Å². The highest BCUT2D eigenvalue weighted by atomic mass is 19.1. The van der Waals surface area contributed by atoms with Gasteiger partial charge in [0.15, 0.2) is 11.5 Å². The molecule has 2 aliphatic rings. The number of hydrogen-bond donors (Lipinski definition) is 0. The van der Waals surface area contributed by atoms with Gasteiger partial charge in [-0.2, -0.15) is 0 Å². The first-order chi connectivity index (χ1) is 15.9. The van der Waals surface area contributed by atoms with Gasteiger partial charge < -0.3 is 19.3 Å². The van der Waals surface area contributed by atoms with Crippen LogP contribution in [0.3, 0.4) is 0 Å². The number of methoxy groups -OCH3 is 2. The van der Waals surface area contributed by atoms with E-state index in [2.05, 4.69) is 0 Å². The van der Waals surface area contributed by atoms with Gasteiger partial charge in [-0.1, -0.05) is 6.07 Å². The summed E-state index contributed by atoms with van der Waals surface area (Å²) >= 11 is 0. The number of ether oxygens (including phenoxy) is 2. The van der Waals surface area contributed by atoms with Crippen LogP contribution >= 0.6 is 0 Å². The number of nitrogens with zero attached hydrogens (tertiary/aromatic N) is 2. The molecule has 2 saturated heterocycles. The van der Waals surface area contributed by atoms with Crippen LogP contribution in [0.25, 0.3) is 0 Å². The van der Waals surface area contributed by atoms with E-state index in [0.717, 1.165) is 24.5 Å². The van der Waals surface area contributed by atoms with Crippen molar-refractivity contribution in [2.75, 3.05) is 33.9 Å². The maximum atomic E-state index is 14.0. The minimum absolute atomic E-state index is 0.0229. The van der Waals surface area contributed by atoms with Gasteiger partial charge in [0.1, 0.15) is 11.6 Å². The molecule has 2 fully saturated rings. The lowest BCUT2D eigenvalue weighted by molar-refractivity contribution is -0.137. The molecule has 6 nitrogen and oxygen atoms in total.